The molecular weight excluding hydrogens is 322 g/mol. The van der Waals surface area contributed by atoms with E-state index in [1.165, 1.54) is 48.2 Å². The van der Waals surface area contributed by atoms with Crippen LogP contribution in [0.25, 0.3) is 0 Å². The number of aryl methyl sites for hydroxylation is 1. The molecule has 2 heterocycles. The van der Waals surface area contributed by atoms with E-state index in [1.54, 1.807) is 0 Å². The fraction of sp³-hybridized carbons (Fsp3) is 0.727. The highest BCUT2D eigenvalue weighted by molar-refractivity contribution is 5.38. The van der Waals surface area contributed by atoms with E-state index in [4.69, 9.17) is 5.11 Å². The molecule has 0 bridgehead atoms. The van der Waals surface area contributed by atoms with E-state index < -0.39 is 0 Å². The summed E-state index contributed by atoms with van der Waals surface area (Å²) in [5, 5.41) is 9.11. The van der Waals surface area contributed by atoms with Crippen LogP contribution in [-0.2, 0) is 13.1 Å². The van der Waals surface area contributed by atoms with Crippen molar-refractivity contribution in [3.8, 4) is 0 Å². The summed E-state index contributed by atoms with van der Waals surface area (Å²) in [6, 6.07) is 4.79. The predicted molar refractivity (Wildman–Crippen MR) is 108 cm³/mol. The third-order valence-electron chi connectivity index (χ3n) is 6.18. The lowest BCUT2D eigenvalue weighted by Gasteiger charge is -2.35. The van der Waals surface area contributed by atoms with Gasteiger partial charge < -0.3 is 5.11 Å². The van der Waals surface area contributed by atoms with Crippen LogP contribution < -0.4 is 0 Å². The van der Waals surface area contributed by atoms with Gasteiger partial charge in [0.2, 0.25) is 0 Å². The number of benzene rings is 1. The molecule has 0 aromatic heterocycles. The molecule has 0 radical (unpaired) electrons. The van der Waals surface area contributed by atoms with Crippen LogP contribution in [0.2, 0.25) is 0 Å². The Labute approximate surface area is 159 Å². The zero-order valence-electron chi connectivity index (χ0n) is 17.0. The molecule has 4 heteroatoms. The predicted octanol–water partition coefficient (Wildman–Crippen LogP) is 2.65. The van der Waals surface area contributed by atoms with Gasteiger partial charge in [-0.2, -0.15) is 0 Å². The van der Waals surface area contributed by atoms with Crippen LogP contribution in [0.15, 0.2) is 12.1 Å². The van der Waals surface area contributed by atoms with Gasteiger partial charge in [-0.1, -0.05) is 24.6 Å². The maximum absolute atomic E-state index is 9.11. The molecule has 1 N–H and O–H groups in total. The van der Waals surface area contributed by atoms with Crippen molar-refractivity contribution in [1.82, 2.24) is 14.7 Å². The van der Waals surface area contributed by atoms with Gasteiger partial charge in [0, 0.05) is 52.4 Å². The lowest BCUT2D eigenvalue weighted by molar-refractivity contribution is 0.108. The summed E-state index contributed by atoms with van der Waals surface area (Å²) in [5.41, 5.74) is 5.91. The molecule has 1 aromatic carbocycles. The number of piperidine rings is 1. The van der Waals surface area contributed by atoms with Gasteiger partial charge in [-0.15, -0.1) is 0 Å². The van der Waals surface area contributed by atoms with E-state index >= 15 is 0 Å². The number of aliphatic hydroxyl groups is 1. The molecular formula is C22H37N3O. The SMILES string of the molecule is Cc1cc(CN2CCN(CCO)CC2)c(C)c(CN2CCC[C@@H](C)C2)c1. The smallest absolute Gasteiger partial charge is 0.0558 e. The first-order valence-corrected chi connectivity index (χ1v) is 10.4. The summed E-state index contributed by atoms with van der Waals surface area (Å²) >= 11 is 0. The average molecular weight is 360 g/mol. The summed E-state index contributed by atoms with van der Waals surface area (Å²) in [6.45, 7) is 17.0. The van der Waals surface area contributed by atoms with Gasteiger partial charge in [0.05, 0.1) is 6.61 Å². The number of nitrogens with zero attached hydrogens (tertiary/aromatic N) is 3. The van der Waals surface area contributed by atoms with Crippen molar-refractivity contribution in [3.63, 3.8) is 0 Å². The van der Waals surface area contributed by atoms with Crippen LogP contribution in [0.5, 0.6) is 0 Å². The van der Waals surface area contributed by atoms with Crippen LogP contribution in [-0.4, -0.2) is 72.2 Å². The molecule has 0 unspecified atom stereocenters. The highest BCUT2D eigenvalue weighted by atomic mass is 16.3. The molecule has 1 atom stereocenters. The quantitative estimate of drug-likeness (QED) is 0.846. The average Bonchev–Trinajstić information content (AvgIpc) is 2.61. The van der Waals surface area contributed by atoms with Crippen molar-refractivity contribution < 1.29 is 5.11 Å². The Morgan fingerprint density at radius 2 is 1.54 bits per heavy atom. The Hall–Kier alpha value is -0.940. The summed E-state index contributed by atoms with van der Waals surface area (Å²) in [6.07, 6.45) is 2.73. The van der Waals surface area contributed by atoms with Crippen molar-refractivity contribution >= 4 is 0 Å². The number of piperazine rings is 1. The Morgan fingerprint density at radius 3 is 2.15 bits per heavy atom. The van der Waals surface area contributed by atoms with E-state index in [9.17, 15) is 0 Å². The third kappa shape index (κ3) is 5.29. The highest BCUT2D eigenvalue weighted by Gasteiger charge is 2.20. The fourth-order valence-corrected chi connectivity index (χ4v) is 4.57. The van der Waals surface area contributed by atoms with E-state index in [-0.39, 0.29) is 6.61 Å². The van der Waals surface area contributed by atoms with Gasteiger partial charge in [0.15, 0.2) is 0 Å². The van der Waals surface area contributed by atoms with E-state index in [0.29, 0.717) is 0 Å². The number of hydrogen-bond acceptors (Lipinski definition) is 4. The lowest BCUT2D eigenvalue weighted by Crippen LogP contribution is -2.46. The molecule has 2 aliphatic heterocycles. The molecule has 0 aliphatic carbocycles. The largest absolute Gasteiger partial charge is 0.395 e. The molecule has 0 amide bonds. The van der Waals surface area contributed by atoms with E-state index in [1.807, 2.05) is 0 Å². The first kappa shape index (κ1) is 19.8. The maximum Gasteiger partial charge on any atom is 0.0558 e. The number of β-amino-alcohol motifs (C(OH)–C–C–N with tert-alkyl or cyclic N) is 1. The molecule has 2 saturated heterocycles. The van der Waals surface area contributed by atoms with Crippen molar-refractivity contribution in [3.05, 3.63) is 34.4 Å². The van der Waals surface area contributed by atoms with Crippen LogP contribution in [0.1, 0.15) is 42.0 Å². The molecule has 1 aromatic rings. The minimum atomic E-state index is 0.273. The van der Waals surface area contributed by atoms with Crippen molar-refractivity contribution in [2.45, 2.75) is 46.7 Å². The Balaban J connectivity index is 1.63. The van der Waals surface area contributed by atoms with Crippen molar-refractivity contribution in [1.29, 1.82) is 0 Å². The first-order chi connectivity index (χ1) is 12.5. The number of likely N-dealkylation sites (tertiary alicyclic amines) is 1. The molecule has 2 fully saturated rings. The number of aliphatic hydroxyl groups excluding tert-OH is 1. The zero-order valence-corrected chi connectivity index (χ0v) is 17.0. The van der Waals surface area contributed by atoms with E-state index in [0.717, 1.165) is 51.7 Å². The molecule has 4 nitrogen and oxygen atoms in total. The summed E-state index contributed by atoms with van der Waals surface area (Å²) in [5.74, 6) is 0.837. The van der Waals surface area contributed by atoms with Gasteiger partial charge >= 0.3 is 0 Å². The normalized spacial score (nSPS) is 23.5. The Bertz CT molecular complexity index is 581. The van der Waals surface area contributed by atoms with Crippen molar-refractivity contribution in [2.24, 2.45) is 5.92 Å². The van der Waals surface area contributed by atoms with Crippen LogP contribution in [0.3, 0.4) is 0 Å². The van der Waals surface area contributed by atoms with E-state index in [2.05, 4.69) is 47.6 Å². The molecule has 2 aliphatic rings. The molecule has 0 spiro atoms. The first-order valence-electron chi connectivity index (χ1n) is 10.4. The van der Waals surface area contributed by atoms with Crippen molar-refractivity contribution in [2.75, 3.05) is 52.4 Å². The summed E-state index contributed by atoms with van der Waals surface area (Å²) in [4.78, 5) is 7.58. The second-order valence-corrected chi connectivity index (χ2v) is 8.53. The fourth-order valence-electron chi connectivity index (χ4n) is 4.57. The minimum absolute atomic E-state index is 0.273. The maximum atomic E-state index is 9.11. The van der Waals surface area contributed by atoms with Crippen LogP contribution in [0.4, 0.5) is 0 Å². The molecule has 146 valence electrons. The Kier molecular flexibility index (Phi) is 7.10. The lowest BCUT2D eigenvalue weighted by atomic mass is 9.96. The number of rotatable bonds is 6. The molecule has 26 heavy (non-hydrogen) atoms. The molecule has 3 rings (SSSR count). The number of hydrogen-bond donors (Lipinski definition) is 1. The Morgan fingerprint density at radius 1 is 0.923 bits per heavy atom. The molecule has 0 saturated carbocycles. The standard InChI is InChI=1S/C22H37N3O/c1-18-5-4-6-25(15-18)17-22-14-19(2)13-21(20(22)3)16-24-9-7-23(8-10-24)11-12-26/h13-14,18,26H,4-12,15-17H2,1-3H3/t18-/m1/s1. The third-order valence-corrected chi connectivity index (χ3v) is 6.18. The second kappa shape index (κ2) is 9.32. The van der Waals surface area contributed by atoms with Gasteiger partial charge in [0.25, 0.3) is 0 Å². The van der Waals surface area contributed by atoms with Gasteiger partial charge in [-0.05, 0) is 55.8 Å². The monoisotopic (exact) mass is 359 g/mol. The van der Waals surface area contributed by atoms with Gasteiger partial charge in [-0.25, -0.2) is 0 Å². The summed E-state index contributed by atoms with van der Waals surface area (Å²) < 4.78 is 0. The van der Waals surface area contributed by atoms with Gasteiger partial charge in [0.1, 0.15) is 0 Å². The van der Waals surface area contributed by atoms with Crippen LogP contribution >= 0.6 is 0 Å². The zero-order chi connectivity index (χ0) is 18.5. The van der Waals surface area contributed by atoms with Gasteiger partial charge in [-0.3, -0.25) is 14.7 Å². The topological polar surface area (TPSA) is 30.0 Å². The summed E-state index contributed by atoms with van der Waals surface area (Å²) in [7, 11) is 0. The highest BCUT2D eigenvalue weighted by Crippen LogP contribution is 2.23. The second-order valence-electron chi connectivity index (χ2n) is 8.53. The minimum Gasteiger partial charge on any atom is -0.395 e. The van der Waals surface area contributed by atoms with Crippen LogP contribution in [0, 0.1) is 19.8 Å².